The number of hydrogen-bond acceptors (Lipinski definition) is 4. The second-order valence-corrected chi connectivity index (χ2v) is 8.91. The zero-order valence-electron chi connectivity index (χ0n) is 15.2. The predicted octanol–water partition coefficient (Wildman–Crippen LogP) is 7.32. The highest BCUT2D eigenvalue weighted by molar-refractivity contribution is 9.10. The lowest BCUT2D eigenvalue weighted by molar-refractivity contribution is -0.182. The van der Waals surface area contributed by atoms with Crippen molar-refractivity contribution in [3.63, 3.8) is 0 Å². The Morgan fingerprint density at radius 3 is 2.45 bits per heavy atom. The summed E-state index contributed by atoms with van der Waals surface area (Å²) in [5, 5.41) is 1.48. The van der Waals surface area contributed by atoms with Crippen molar-refractivity contribution in [1.82, 2.24) is 4.98 Å². The van der Waals surface area contributed by atoms with Gasteiger partial charge >= 0.3 is 5.97 Å². The van der Waals surface area contributed by atoms with Crippen LogP contribution in [0.5, 0.6) is 0 Å². The van der Waals surface area contributed by atoms with Gasteiger partial charge in [-0.05, 0) is 53.9 Å². The molecule has 0 aliphatic rings. The molecular weight excluding hydrogens is 477 g/mol. The first-order valence-corrected chi connectivity index (χ1v) is 10.7. The number of thiazole rings is 1. The summed E-state index contributed by atoms with van der Waals surface area (Å²) in [5.41, 5.74) is 5.12. The van der Waals surface area contributed by atoms with Crippen molar-refractivity contribution in [3.05, 3.63) is 75.2 Å². The molecule has 7 heteroatoms. The monoisotopic (exact) mass is 489 g/mol. The fourth-order valence-corrected chi connectivity index (χ4v) is 4.81. The van der Waals surface area contributed by atoms with Crippen molar-refractivity contribution >= 4 is 55.1 Å². The van der Waals surface area contributed by atoms with Gasteiger partial charge in [-0.15, -0.1) is 11.3 Å². The Bertz CT molecular complexity index is 1210. The first-order chi connectivity index (χ1) is 14.0. The first kappa shape index (κ1) is 20.0. The van der Waals surface area contributed by atoms with Crippen LogP contribution >= 0.6 is 38.9 Å². The molecule has 0 aliphatic heterocycles. The number of hydrogen-bond donors (Lipinski definition) is 0. The van der Waals surface area contributed by atoms with Gasteiger partial charge in [0.1, 0.15) is 5.01 Å². The van der Waals surface area contributed by atoms with Crippen molar-refractivity contribution in [2.45, 2.75) is 13.3 Å². The highest BCUT2D eigenvalue weighted by Gasteiger charge is 2.20. The minimum Gasteiger partial charge on any atom is -0.255 e. The largest absolute Gasteiger partial charge is 0.353 e. The van der Waals surface area contributed by atoms with Crippen molar-refractivity contribution in [2.24, 2.45) is 0 Å². The van der Waals surface area contributed by atoms with Crippen LogP contribution in [0.1, 0.15) is 11.1 Å². The number of aromatic nitrogens is 1. The number of benzene rings is 3. The number of rotatable bonds is 4. The van der Waals surface area contributed by atoms with Crippen LogP contribution in [0.15, 0.2) is 59.1 Å². The van der Waals surface area contributed by atoms with E-state index in [1.54, 1.807) is 12.1 Å². The van der Waals surface area contributed by atoms with E-state index in [1.165, 1.54) is 11.3 Å². The van der Waals surface area contributed by atoms with Crippen LogP contribution in [-0.2, 0) is 16.2 Å². The zero-order valence-corrected chi connectivity index (χ0v) is 18.4. The molecule has 0 saturated carbocycles. The Morgan fingerprint density at radius 2 is 1.79 bits per heavy atom. The van der Waals surface area contributed by atoms with Gasteiger partial charge < -0.3 is 0 Å². The smallest absolute Gasteiger partial charge is 0.255 e. The second-order valence-electron chi connectivity index (χ2n) is 6.55. The summed E-state index contributed by atoms with van der Waals surface area (Å²) < 4.78 is 14.4. The molecule has 0 amide bonds. The quantitative estimate of drug-likeness (QED) is 0.301. The normalized spacial score (nSPS) is 11.0. The molecule has 0 bridgehead atoms. The number of nitrogens with zero attached hydrogens (tertiary/aromatic N) is 1. The highest BCUT2D eigenvalue weighted by Crippen LogP contribution is 2.41. The van der Waals surface area contributed by atoms with E-state index in [1.807, 2.05) is 49.4 Å². The van der Waals surface area contributed by atoms with E-state index in [-0.39, 0.29) is 6.42 Å². The number of aryl methyl sites for hydroxylation is 1. The standard InChI is InChI=1S/C22H14BrClFNO2S/c1-12-10-18-21(29-22(26-18)14-2-6-15(23)7-3-14)20(17(12)11-19(27)28-25)13-4-8-16(24)9-5-13/h2-10H,11H2,1H3. The molecule has 0 fully saturated rings. The fraction of sp³-hybridized carbons (Fsp3) is 0.0909. The third-order valence-electron chi connectivity index (χ3n) is 4.64. The van der Waals surface area contributed by atoms with E-state index in [2.05, 4.69) is 20.9 Å². The van der Waals surface area contributed by atoms with Gasteiger partial charge in [0.2, 0.25) is 0 Å². The van der Waals surface area contributed by atoms with Crippen molar-refractivity contribution in [3.8, 4) is 21.7 Å². The minimum atomic E-state index is -0.930. The number of carbonyl (C=O) groups is 1. The SMILES string of the molecule is Cc1cc2nc(-c3ccc(Br)cc3)sc2c(-c2ccc(Cl)cc2)c1CC(=O)OF. The Hall–Kier alpha value is -2.28. The van der Waals surface area contributed by atoms with Gasteiger partial charge in [-0.1, -0.05) is 51.8 Å². The summed E-state index contributed by atoms with van der Waals surface area (Å²) in [4.78, 5) is 20.0. The summed E-state index contributed by atoms with van der Waals surface area (Å²) in [5.74, 6) is -0.930. The molecule has 0 radical (unpaired) electrons. The zero-order chi connectivity index (χ0) is 20.5. The number of halogens is 3. The summed E-state index contributed by atoms with van der Waals surface area (Å²) in [6.07, 6.45) is -0.165. The second kappa shape index (κ2) is 8.22. The van der Waals surface area contributed by atoms with Crippen LogP contribution in [0.4, 0.5) is 4.53 Å². The van der Waals surface area contributed by atoms with Crippen LogP contribution in [0, 0.1) is 6.92 Å². The average Bonchev–Trinajstić information content (AvgIpc) is 3.13. The fourth-order valence-electron chi connectivity index (χ4n) is 3.27. The van der Waals surface area contributed by atoms with Gasteiger partial charge in [0.25, 0.3) is 0 Å². The maximum Gasteiger partial charge on any atom is 0.353 e. The lowest BCUT2D eigenvalue weighted by Gasteiger charge is -2.13. The molecule has 0 unspecified atom stereocenters. The van der Waals surface area contributed by atoms with Gasteiger partial charge in [-0.3, -0.25) is 4.94 Å². The predicted molar refractivity (Wildman–Crippen MR) is 119 cm³/mol. The molecule has 3 nitrogen and oxygen atoms in total. The molecule has 4 aromatic rings. The molecule has 1 heterocycles. The maximum absolute atomic E-state index is 12.5. The Kier molecular flexibility index (Phi) is 5.67. The average molecular weight is 491 g/mol. The Morgan fingerprint density at radius 1 is 1.14 bits per heavy atom. The van der Waals surface area contributed by atoms with Crippen molar-refractivity contribution < 1.29 is 14.3 Å². The van der Waals surface area contributed by atoms with E-state index >= 15 is 0 Å². The molecule has 4 rings (SSSR count). The molecule has 1 aromatic heterocycles. The number of carbonyl (C=O) groups excluding carboxylic acids is 1. The van der Waals surface area contributed by atoms with Gasteiger partial charge in [-0.25, -0.2) is 9.78 Å². The van der Waals surface area contributed by atoms with Crippen LogP contribution < -0.4 is 0 Å². The van der Waals surface area contributed by atoms with E-state index in [0.717, 1.165) is 42.0 Å². The van der Waals surface area contributed by atoms with E-state index < -0.39 is 5.97 Å². The molecule has 0 atom stereocenters. The third-order valence-corrected chi connectivity index (χ3v) is 6.56. The Labute approximate surface area is 184 Å². The maximum atomic E-state index is 12.5. The van der Waals surface area contributed by atoms with Gasteiger partial charge in [0.15, 0.2) is 0 Å². The topological polar surface area (TPSA) is 39.2 Å². The molecule has 29 heavy (non-hydrogen) atoms. The van der Waals surface area contributed by atoms with Gasteiger partial charge in [0, 0.05) is 25.1 Å². The van der Waals surface area contributed by atoms with E-state index in [9.17, 15) is 9.32 Å². The molecule has 0 saturated heterocycles. The summed E-state index contributed by atoms with van der Waals surface area (Å²) in [6, 6.07) is 17.2. The summed E-state index contributed by atoms with van der Waals surface area (Å²) in [6.45, 7) is 1.89. The van der Waals surface area contributed by atoms with Gasteiger partial charge in [-0.2, -0.15) is 0 Å². The summed E-state index contributed by atoms with van der Waals surface area (Å²) >= 11 is 11.0. The summed E-state index contributed by atoms with van der Waals surface area (Å²) in [7, 11) is 0. The molecule has 0 N–H and O–H groups in total. The van der Waals surface area contributed by atoms with Crippen molar-refractivity contribution in [1.29, 1.82) is 0 Å². The highest BCUT2D eigenvalue weighted by atomic mass is 79.9. The molecule has 146 valence electrons. The van der Waals surface area contributed by atoms with E-state index in [4.69, 9.17) is 16.6 Å². The van der Waals surface area contributed by atoms with Crippen LogP contribution in [-0.4, -0.2) is 11.0 Å². The Balaban J connectivity index is 1.97. The lowest BCUT2D eigenvalue weighted by Crippen LogP contribution is -2.06. The lowest BCUT2D eigenvalue weighted by atomic mass is 9.93. The molecular formula is C22H14BrClFNO2S. The first-order valence-electron chi connectivity index (χ1n) is 8.72. The third kappa shape index (κ3) is 4.06. The molecule has 0 aliphatic carbocycles. The number of fused-ring (bicyclic) bond motifs is 1. The van der Waals surface area contributed by atoms with Crippen LogP contribution in [0.25, 0.3) is 31.9 Å². The van der Waals surface area contributed by atoms with Crippen LogP contribution in [0.3, 0.4) is 0 Å². The van der Waals surface area contributed by atoms with Crippen molar-refractivity contribution in [2.75, 3.05) is 0 Å². The molecule has 0 spiro atoms. The molecule has 3 aromatic carbocycles. The van der Waals surface area contributed by atoms with Gasteiger partial charge in [0.05, 0.1) is 16.6 Å². The van der Waals surface area contributed by atoms with Crippen LogP contribution in [0.2, 0.25) is 5.02 Å². The minimum absolute atomic E-state index is 0.165. The van der Waals surface area contributed by atoms with E-state index in [0.29, 0.717) is 10.6 Å².